The monoisotopic (exact) mass is 348 g/mol. The summed E-state index contributed by atoms with van der Waals surface area (Å²) >= 11 is 0. The number of benzene rings is 1. The molecular weight excluding hydrogens is 328 g/mol. The molecule has 0 radical (unpaired) electrons. The van der Waals surface area contributed by atoms with Crippen molar-refractivity contribution in [2.24, 2.45) is 5.92 Å². The van der Waals surface area contributed by atoms with Crippen LogP contribution >= 0.6 is 0 Å². The fraction of sp³-hybridized carbons (Fsp3) is 0.412. The van der Waals surface area contributed by atoms with Gasteiger partial charge in [-0.3, -0.25) is 14.9 Å². The van der Waals surface area contributed by atoms with Crippen molar-refractivity contribution < 1.29 is 28.7 Å². The topological polar surface area (TPSA) is 111 Å². The molecule has 0 saturated carbocycles. The van der Waals surface area contributed by atoms with Crippen molar-refractivity contribution in [1.29, 1.82) is 0 Å². The molecule has 0 bridgehead atoms. The number of carbonyl (C=O) groups excluding carboxylic acids is 4. The summed E-state index contributed by atoms with van der Waals surface area (Å²) in [6, 6.07) is 8.09. The number of hydrogen-bond acceptors (Lipinski definition) is 6. The first-order chi connectivity index (χ1) is 11.9. The normalized spacial score (nSPS) is 17.8. The van der Waals surface area contributed by atoms with E-state index in [1.165, 1.54) is 0 Å². The lowest BCUT2D eigenvalue weighted by Gasteiger charge is -2.21. The number of alkyl carbamates (subject to hydrolysis) is 1. The molecule has 3 amide bonds. The average molecular weight is 348 g/mol. The van der Waals surface area contributed by atoms with Gasteiger partial charge in [-0.1, -0.05) is 44.2 Å². The summed E-state index contributed by atoms with van der Waals surface area (Å²) in [7, 11) is 0. The van der Waals surface area contributed by atoms with Crippen LogP contribution in [-0.4, -0.2) is 36.0 Å². The van der Waals surface area contributed by atoms with Crippen LogP contribution in [0.25, 0.3) is 0 Å². The molecule has 0 spiro atoms. The SMILES string of the molecule is CC(C)[C@H](NC(=O)OCc1ccccc1)C(=O)O[C@@H]1CC(=O)NC1=O. The minimum absolute atomic E-state index is 0.0616. The second-order valence-electron chi connectivity index (χ2n) is 5.97. The van der Waals surface area contributed by atoms with Crippen LogP contribution in [0.4, 0.5) is 4.79 Å². The summed E-state index contributed by atoms with van der Waals surface area (Å²) in [5.74, 6) is -2.25. The highest BCUT2D eigenvalue weighted by atomic mass is 16.6. The van der Waals surface area contributed by atoms with Gasteiger partial charge in [0.25, 0.3) is 5.91 Å². The van der Waals surface area contributed by atoms with Gasteiger partial charge < -0.3 is 14.8 Å². The number of carbonyl (C=O) groups is 4. The van der Waals surface area contributed by atoms with Gasteiger partial charge in [-0.15, -0.1) is 0 Å². The lowest BCUT2D eigenvalue weighted by Crippen LogP contribution is -2.47. The van der Waals surface area contributed by atoms with Crippen LogP contribution in [0.3, 0.4) is 0 Å². The van der Waals surface area contributed by atoms with E-state index >= 15 is 0 Å². The van der Waals surface area contributed by atoms with Gasteiger partial charge in [0.2, 0.25) is 5.91 Å². The van der Waals surface area contributed by atoms with E-state index in [-0.39, 0.29) is 18.9 Å². The quantitative estimate of drug-likeness (QED) is 0.584. The molecule has 0 aromatic heterocycles. The van der Waals surface area contributed by atoms with Gasteiger partial charge in [0.1, 0.15) is 12.6 Å². The van der Waals surface area contributed by atoms with Crippen molar-refractivity contribution in [3.05, 3.63) is 35.9 Å². The minimum atomic E-state index is -1.16. The van der Waals surface area contributed by atoms with Gasteiger partial charge in [-0.05, 0) is 11.5 Å². The van der Waals surface area contributed by atoms with E-state index in [0.717, 1.165) is 5.56 Å². The molecule has 134 valence electrons. The van der Waals surface area contributed by atoms with E-state index in [1.807, 2.05) is 18.2 Å². The summed E-state index contributed by atoms with van der Waals surface area (Å²) in [6.45, 7) is 3.48. The molecule has 0 aliphatic carbocycles. The van der Waals surface area contributed by atoms with Crippen LogP contribution < -0.4 is 10.6 Å². The molecule has 1 aromatic carbocycles. The highest BCUT2D eigenvalue weighted by Crippen LogP contribution is 2.12. The third kappa shape index (κ3) is 5.30. The molecule has 8 heteroatoms. The number of ether oxygens (including phenoxy) is 2. The van der Waals surface area contributed by atoms with Crippen molar-refractivity contribution in [3.63, 3.8) is 0 Å². The molecule has 8 nitrogen and oxygen atoms in total. The fourth-order valence-electron chi connectivity index (χ4n) is 2.23. The number of esters is 1. The number of nitrogens with one attached hydrogen (secondary N) is 2. The molecule has 25 heavy (non-hydrogen) atoms. The Morgan fingerprint density at radius 1 is 1.24 bits per heavy atom. The minimum Gasteiger partial charge on any atom is -0.450 e. The highest BCUT2D eigenvalue weighted by molar-refractivity contribution is 6.05. The second-order valence-corrected chi connectivity index (χ2v) is 5.97. The fourth-order valence-corrected chi connectivity index (χ4v) is 2.23. The van der Waals surface area contributed by atoms with Crippen LogP contribution in [-0.2, 0) is 30.5 Å². The molecule has 1 aromatic rings. The molecule has 1 saturated heterocycles. The maximum Gasteiger partial charge on any atom is 0.408 e. The molecule has 2 N–H and O–H groups in total. The first-order valence-electron chi connectivity index (χ1n) is 7.88. The predicted octanol–water partition coefficient (Wildman–Crippen LogP) is 0.896. The van der Waals surface area contributed by atoms with Crippen LogP contribution in [0.1, 0.15) is 25.8 Å². The van der Waals surface area contributed by atoms with Crippen molar-refractivity contribution in [2.75, 3.05) is 0 Å². The Morgan fingerprint density at radius 2 is 1.92 bits per heavy atom. The van der Waals surface area contributed by atoms with Crippen LogP contribution in [0, 0.1) is 5.92 Å². The van der Waals surface area contributed by atoms with Gasteiger partial charge in [-0.25, -0.2) is 9.59 Å². The number of hydrogen-bond donors (Lipinski definition) is 2. The van der Waals surface area contributed by atoms with E-state index < -0.39 is 36.0 Å². The van der Waals surface area contributed by atoms with E-state index in [0.29, 0.717) is 0 Å². The van der Waals surface area contributed by atoms with Crippen LogP contribution in [0.15, 0.2) is 30.3 Å². The van der Waals surface area contributed by atoms with Gasteiger partial charge in [-0.2, -0.15) is 0 Å². The van der Waals surface area contributed by atoms with Gasteiger partial charge >= 0.3 is 12.1 Å². The lowest BCUT2D eigenvalue weighted by atomic mass is 10.1. The summed E-state index contributed by atoms with van der Waals surface area (Å²) in [4.78, 5) is 46.7. The van der Waals surface area contributed by atoms with Crippen molar-refractivity contribution >= 4 is 23.9 Å². The smallest absolute Gasteiger partial charge is 0.408 e. The van der Waals surface area contributed by atoms with Crippen LogP contribution in [0.2, 0.25) is 0 Å². The van der Waals surface area contributed by atoms with Crippen molar-refractivity contribution in [1.82, 2.24) is 10.6 Å². The largest absolute Gasteiger partial charge is 0.450 e. The van der Waals surface area contributed by atoms with E-state index in [1.54, 1.807) is 26.0 Å². The van der Waals surface area contributed by atoms with E-state index in [9.17, 15) is 19.2 Å². The summed E-state index contributed by atoms with van der Waals surface area (Å²) in [6.07, 6.45) is -2.15. The number of rotatable bonds is 6. The summed E-state index contributed by atoms with van der Waals surface area (Å²) < 4.78 is 10.1. The molecular formula is C17H20N2O6. The Bertz CT molecular complexity index is 658. The third-order valence-corrected chi connectivity index (χ3v) is 3.59. The van der Waals surface area contributed by atoms with E-state index in [2.05, 4.69) is 10.6 Å². The summed E-state index contributed by atoms with van der Waals surface area (Å²) in [5.41, 5.74) is 0.808. The molecule has 2 rings (SSSR count). The molecule has 0 unspecified atom stereocenters. The Morgan fingerprint density at radius 3 is 2.48 bits per heavy atom. The Labute approximate surface area is 144 Å². The molecule has 1 fully saturated rings. The zero-order chi connectivity index (χ0) is 18.4. The van der Waals surface area contributed by atoms with Gasteiger partial charge in [0, 0.05) is 0 Å². The molecule has 2 atom stereocenters. The Balaban J connectivity index is 1.88. The van der Waals surface area contributed by atoms with E-state index in [4.69, 9.17) is 9.47 Å². The molecule has 1 aliphatic heterocycles. The Kier molecular flexibility index (Phi) is 6.10. The lowest BCUT2D eigenvalue weighted by molar-refractivity contribution is -0.157. The molecule has 1 aliphatic rings. The third-order valence-electron chi connectivity index (χ3n) is 3.59. The highest BCUT2D eigenvalue weighted by Gasteiger charge is 2.36. The first-order valence-corrected chi connectivity index (χ1v) is 7.88. The molecule has 1 heterocycles. The second kappa shape index (κ2) is 8.27. The van der Waals surface area contributed by atoms with Crippen LogP contribution in [0.5, 0.6) is 0 Å². The summed E-state index contributed by atoms with van der Waals surface area (Å²) in [5, 5.41) is 4.49. The standard InChI is InChI=1S/C17H20N2O6/c1-10(2)14(16(22)25-12-8-13(20)18-15(12)21)19-17(23)24-9-11-6-4-3-5-7-11/h3-7,10,12,14H,8-9H2,1-2H3,(H,19,23)(H,18,20,21)/t12-,14+/m1/s1. The Hall–Kier alpha value is -2.90. The van der Waals surface area contributed by atoms with Gasteiger partial charge in [0.05, 0.1) is 6.42 Å². The maximum absolute atomic E-state index is 12.2. The van der Waals surface area contributed by atoms with Gasteiger partial charge in [0.15, 0.2) is 6.10 Å². The van der Waals surface area contributed by atoms with Crippen molar-refractivity contribution in [3.8, 4) is 0 Å². The first kappa shape index (κ1) is 18.4. The van der Waals surface area contributed by atoms with Crippen molar-refractivity contribution in [2.45, 2.75) is 39.0 Å². The zero-order valence-corrected chi connectivity index (χ0v) is 14.0. The predicted molar refractivity (Wildman–Crippen MR) is 86.0 cm³/mol. The zero-order valence-electron chi connectivity index (χ0n) is 14.0. The average Bonchev–Trinajstić information content (AvgIpc) is 2.88. The maximum atomic E-state index is 12.2. The number of imide groups is 1. The number of amides is 3.